The molecule has 1 aliphatic carbocycles. The molecule has 2 rings (SSSR count). The molecule has 1 aliphatic rings. The molecule has 0 saturated heterocycles. The van der Waals surface area contributed by atoms with Crippen molar-refractivity contribution in [2.45, 2.75) is 52.0 Å². The molecule has 0 amide bonds. The van der Waals surface area contributed by atoms with Crippen LogP contribution in [0, 0.1) is 5.92 Å². The molecule has 1 aromatic heterocycles. The molecule has 0 spiro atoms. The van der Waals surface area contributed by atoms with E-state index in [-0.39, 0.29) is 0 Å². The zero-order valence-corrected chi connectivity index (χ0v) is 12.8. The van der Waals surface area contributed by atoms with Crippen molar-refractivity contribution in [3.8, 4) is 0 Å². The summed E-state index contributed by atoms with van der Waals surface area (Å²) >= 11 is 0. The number of aliphatic imine (C=N–C) groups is 1. The van der Waals surface area contributed by atoms with Gasteiger partial charge in [0.25, 0.3) is 0 Å². The standard InChI is InChI=1S/C14H25N5O/c1-9(2)13-18-12(20-19-13)6-5-7-16-14(15-4)17-11-8-10(11)3/h9-11H,5-8H2,1-4H3,(H2,15,16,17). The fourth-order valence-electron chi connectivity index (χ4n) is 1.94. The summed E-state index contributed by atoms with van der Waals surface area (Å²) in [6.45, 7) is 7.21. The van der Waals surface area contributed by atoms with E-state index in [4.69, 9.17) is 4.52 Å². The molecule has 112 valence electrons. The molecule has 2 N–H and O–H groups in total. The predicted octanol–water partition coefficient (Wildman–Crippen LogP) is 1.70. The van der Waals surface area contributed by atoms with Crippen LogP contribution in [0.5, 0.6) is 0 Å². The van der Waals surface area contributed by atoms with Crippen molar-refractivity contribution < 1.29 is 4.52 Å². The van der Waals surface area contributed by atoms with Gasteiger partial charge in [0.1, 0.15) is 0 Å². The summed E-state index contributed by atoms with van der Waals surface area (Å²) < 4.78 is 5.21. The Bertz CT molecular complexity index is 454. The van der Waals surface area contributed by atoms with Crippen LogP contribution in [0.2, 0.25) is 0 Å². The van der Waals surface area contributed by atoms with Crippen molar-refractivity contribution in [3.63, 3.8) is 0 Å². The van der Waals surface area contributed by atoms with Crippen molar-refractivity contribution in [2.24, 2.45) is 10.9 Å². The molecule has 2 unspecified atom stereocenters. The van der Waals surface area contributed by atoms with E-state index in [0.717, 1.165) is 37.1 Å². The number of guanidine groups is 1. The van der Waals surface area contributed by atoms with E-state index in [0.29, 0.717) is 17.9 Å². The summed E-state index contributed by atoms with van der Waals surface area (Å²) in [5.74, 6) is 3.46. The van der Waals surface area contributed by atoms with Crippen LogP contribution in [0.3, 0.4) is 0 Å². The van der Waals surface area contributed by atoms with Gasteiger partial charge in [0, 0.05) is 32.0 Å². The lowest BCUT2D eigenvalue weighted by Crippen LogP contribution is -2.39. The summed E-state index contributed by atoms with van der Waals surface area (Å²) in [7, 11) is 1.80. The van der Waals surface area contributed by atoms with Gasteiger partial charge in [0.05, 0.1) is 0 Å². The number of rotatable bonds is 6. The lowest BCUT2D eigenvalue weighted by molar-refractivity contribution is 0.368. The quantitative estimate of drug-likeness (QED) is 0.471. The Hall–Kier alpha value is -1.59. The lowest BCUT2D eigenvalue weighted by Gasteiger charge is -2.10. The van der Waals surface area contributed by atoms with Crippen molar-refractivity contribution in [2.75, 3.05) is 13.6 Å². The first-order valence-electron chi connectivity index (χ1n) is 7.39. The molecule has 1 heterocycles. The minimum absolute atomic E-state index is 0.314. The number of nitrogens with one attached hydrogen (secondary N) is 2. The van der Waals surface area contributed by atoms with Crippen LogP contribution in [0.1, 0.15) is 51.2 Å². The average Bonchev–Trinajstić information content (AvgIpc) is 2.92. The molecule has 20 heavy (non-hydrogen) atoms. The zero-order valence-electron chi connectivity index (χ0n) is 12.8. The van der Waals surface area contributed by atoms with Gasteiger partial charge in [-0.05, 0) is 18.8 Å². The first kappa shape index (κ1) is 14.8. The van der Waals surface area contributed by atoms with Gasteiger partial charge in [-0.25, -0.2) is 0 Å². The second kappa shape index (κ2) is 6.72. The van der Waals surface area contributed by atoms with E-state index in [1.54, 1.807) is 7.05 Å². The number of hydrogen-bond acceptors (Lipinski definition) is 4. The third kappa shape index (κ3) is 4.21. The van der Waals surface area contributed by atoms with Gasteiger partial charge in [-0.15, -0.1) is 0 Å². The van der Waals surface area contributed by atoms with Crippen LogP contribution >= 0.6 is 0 Å². The fraction of sp³-hybridized carbons (Fsp3) is 0.786. The van der Waals surface area contributed by atoms with Crippen molar-refractivity contribution >= 4 is 5.96 Å². The van der Waals surface area contributed by atoms with Crippen molar-refractivity contribution in [1.29, 1.82) is 0 Å². The van der Waals surface area contributed by atoms with Gasteiger partial charge in [-0.2, -0.15) is 4.98 Å². The van der Waals surface area contributed by atoms with Crippen molar-refractivity contribution in [1.82, 2.24) is 20.8 Å². The van der Waals surface area contributed by atoms with Gasteiger partial charge in [-0.1, -0.05) is 25.9 Å². The number of nitrogens with zero attached hydrogens (tertiary/aromatic N) is 3. The van der Waals surface area contributed by atoms with Gasteiger partial charge in [0.2, 0.25) is 5.89 Å². The molecule has 0 radical (unpaired) electrons. The summed E-state index contributed by atoms with van der Waals surface area (Å²) in [5.41, 5.74) is 0. The maximum atomic E-state index is 5.21. The smallest absolute Gasteiger partial charge is 0.226 e. The largest absolute Gasteiger partial charge is 0.356 e. The van der Waals surface area contributed by atoms with Gasteiger partial charge in [0.15, 0.2) is 11.8 Å². The fourth-order valence-corrected chi connectivity index (χ4v) is 1.94. The Kier molecular flexibility index (Phi) is 4.98. The summed E-state index contributed by atoms with van der Waals surface area (Å²) in [4.78, 5) is 8.58. The van der Waals surface area contributed by atoms with E-state index in [2.05, 4.69) is 46.5 Å². The molecule has 2 atom stereocenters. The Morgan fingerprint density at radius 3 is 2.80 bits per heavy atom. The molecule has 0 bridgehead atoms. The SMILES string of the molecule is CN=C(NCCCc1nc(C(C)C)no1)NC1CC1C. The van der Waals surface area contributed by atoms with E-state index < -0.39 is 0 Å². The molecular formula is C14H25N5O. The van der Waals surface area contributed by atoms with Crippen LogP contribution < -0.4 is 10.6 Å². The summed E-state index contributed by atoms with van der Waals surface area (Å²) in [5, 5.41) is 10.7. The number of hydrogen-bond donors (Lipinski definition) is 2. The zero-order chi connectivity index (χ0) is 14.5. The van der Waals surface area contributed by atoms with Crippen LogP contribution in [0.15, 0.2) is 9.52 Å². The van der Waals surface area contributed by atoms with Crippen LogP contribution in [0.25, 0.3) is 0 Å². The monoisotopic (exact) mass is 279 g/mol. The minimum Gasteiger partial charge on any atom is -0.356 e. The third-order valence-electron chi connectivity index (χ3n) is 3.52. The highest BCUT2D eigenvalue weighted by atomic mass is 16.5. The highest BCUT2D eigenvalue weighted by Gasteiger charge is 2.33. The predicted molar refractivity (Wildman–Crippen MR) is 78.8 cm³/mol. The van der Waals surface area contributed by atoms with E-state index >= 15 is 0 Å². The molecule has 1 aromatic rings. The first-order chi connectivity index (χ1) is 9.60. The van der Waals surface area contributed by atoms with Crippen LogP contribution in [0.4, 0.5) is 0 Å². The molecule has 0 aromatic carbocycles. The second-order valence-corrected chi connectivity index (χ2v) is 5.77. The maximum absolute atomic E-state index is 5.21. The van der Waals surface area contributed by atoms with Gasteiger partial charge >= 0.3 is 0 Å². The van der Waals surface area contributed by atoms with Gasteiger partial charge in [-0.3, -0.25) is 4.99 Å². The Balaban J connectivity index is 1.64. The number of aryl methyl sites for hydroxylation is 1. The molecule has 6 heteroatoms. The topological polar surface area (TPSA) is 75.3 Å². The number of aromatic nitrogens is 2. The third-order valence-corrected chi connectivity index (χ3v) is 3.52. The summed E-state index contributed by atoms with van der Waals surface area (Å²) in [6.07, 6.45) is 2.98. The van der Waals surface area contributed by atoms with E-state index in [1.165, 1.54) is 6.42 Å². The van der Waals surface area contributed by atoms with E-state index in [9.17, 15) is 0 Å². The second-order valence-electron chi connectivity index (χ2n) is 5.77. The van der Waals surface area contributed by atoms with E-state index in [1.807, 2.05) is 0 Å². The van der Waals surface area contributed by atoms with Gasteiger partial charge < -0.3 is 15.2 Å². The molecule has 1 fully saturated rings. The summed E-state index contributed by atoms with van der Waals surface area (Å²) in [6, 6.07) is 0.589. The first-order valence-corrected chi connectivity index (χ1v) is 7.39. The highest BCUT2D eigenvalue weighted by molar-refractivity contribution is 5.80. The normalized spacial score (nSPS) is 22.1. The molecule has 0 aliphatic heterocycles. The highest BCUT2D eigenvalue weighted by Crippen LogP contribution is 2.28. The Morgan fingerprint density at radius 1 is 1.50 bits per heavy atom. The lowest BCUT2D eigenvalue weighted by atomic mass is 10.2. The maximum Gasteiger partial charge on any atom is 0.226 e. The Morgan fingerprint density at radius 2 is 2.25 bits per heavy atom. The van der Waals surface area contributed by atoms with Crippen LogP contribution in [-0.2, 0) is 6.42 Å². The molecule has 6 nitrogen and oxygen atoms in total. The molecular weight excluding hydrogens is 254 g/mol. The van der Waals surface area contributed by atoms with Crippen molar-refractivity contribution in [3.05, 3.63) is 11.7 Å². The average molecular weight is 279 g/mol. The Labute approximate surface area is 120 Å². The molecule has 1 saturated carbocycles. The minimum atomic E-state index is 0.314. The van der Waals surface area contributed by atoms with Crippen LogP contribution in [-0.4, -0.2) is 35.7 Å².